The van der Waals surface area contributed by atoms with Crippen molar-refractivity contribution in [3.05, 3.63) is 35.4 Å². The first-order valence-corrected chi connectivity index (χ1v) is 6.93. The van der Waals surface area contributed by atoms with Crippen LogP contribution in [0, 0.1) is 17.2 Å². The predicted octanol–water partition coefficient (Wildman–Crippen LogP) is 2.94. The molecular weight excluding hydrogens is 236 g/mol. The summed E-state index contributed by atoms with van der Waals surface area (Å²) < 4.78 is 0. The van der Waals surface area contributed by atoms with Crippen LogP contribution in [0.5, 0.6) is 0 Å². The van der Waals surface area contributed by atoms with Gasteiger partial charge in [-0.05, 0) is 30.0 Å². The zero-order valence-electron chi connectivity index (χ0n) is 12.0. The molecule has 0 saturated carbocycles. The van der Waals surface area contributed by atoms with Crippen LogP contribution in [0.3, 0.4) is 0 Å². The number of hydrogen-bond acceptors (Lipinski definition) is 3. The van der Waals surface area contributed by atoms with Crippen molar-refractivity contribution in [3.8, 4) is 6.07 Å². The van der Waals surface area contributed by atoms with E-state index in [0.717, 1.165) is 31.6 Å². The van der Waals surface area contributed by atoms with Crippen molar-refractivity contribution < 1.29 is 5.11 Å². The lowest BCUT2D eigenvalue weighted by molar-refractivity contribution is 0.254. The normalized spacial score (nSPS) is 10.9. The molecule has 1 aromatic carbocycles. The molecular formula is C16H24N2O. The molecule has 0 aliphatic rings. The lowest BCUT2D eigenvalue weighted by Gasteiger charge is -2.22. The molecule has 0 aromatic heterocycles. The molecule has 1 rings (SSSR count). The second kappa shape index (κ2) is 8.68. The van der Waals surface area contributed by atoms with Crippen molar-refractivity contribution in [1.29, 1.82) is 5.26 Å². The number of benzene rings is 1. The summed E-state index contributed by atoms with van der Waals surface area (Å²) in [4.78, 5) is 2.33. The van der Waals surface area contributed by atoms with E-state index in [1.165, 1.54) is 5.56 Å². The average Bonchev–Trinajstić information content (AvgIpc) is 2.42. The van der Waals surface area contributed by atoms with Crippen LogP contribution in [0.2, 0.25) is 0 Å². The minimum Gasteiger partial charge on any atom is -0.392 e. The molecule has 0 spiro atoms. The van der Waals surface area contributed by atoms with Crippen molar-refractivity contribution in [2.45, 2.75) is 39.8 Å². The van der Waals surface area contributed by atoms with E-state index in [1.807, 2.05) is 12.1 Å². The van der Waals surface area contributed by atoms with E-state index in [2.05, 4.69) is 36.9 Å². The Morgan fingerprint density at radius 2 is 1.79 bits per heavy atom. The Morgan fingerprint density at radius 1 is 1.16 bits per heavy atom. The highest BCUT2D eigenvalue weighted by Crippen LogP contribution is 2.10. The van der Waals surface area contributed by atoms with Crippen molar-refractivity contribution in [2.75, 3.05) is 13.1 Å². The van der Waals surface area contributed by atoms with Crippen molar-refractivity contribution in [1.82, 2.24) is 4.90 Å². The highest BCUT2D eigenvalue weighted by molar-refractivity contribution is 5.21. The smallest absolute Gasteiger partial charge is 0.0681 e. The molecule has 1 aromatic rings. The van der Waals surface area contributed by atoms with Crippen LogP contribution in [0.15, 0.2) is 24.3 Å². The van der Waals surface area contributed by atoms with Gasteiger partial charge in [0.2, 0.25) is 0 Å². The Hall–Kier alpha value is -1.37. The molecule has 0 radical (unpaired) electrons. The Morgan fingerprint density at radius 3 is 2.32 bits per heavy atom. The number of aliphatic hydroxyl groups excluding tert-OH is 1. The maximum absolute atomic E-state index is 9.03. The molecule has 0 fully saturated rings. The summed E-state index contributed by atoms with van der Waals surface area (Å²) in [6, 6.07) is 10.2. The highest BCUT2D eigenvalue weighted by Gasteiger charge is 2.07. The van der Waals surface area contributed by atoms with Crippen LogP contribution in [-0.2, 0) is 13.2 Å². The van der Waals surface area contributed by atoms with Crippen LogP contribution in [0.4, 0.5) is 0 Å². The lowest BCUT2D eigenvalue weighted by atomic mass is 10.1. The SMILES string of the molecule is CC(C)CCN(CCC#N)Cc1ccc(CO)cc1. The van der Waals surface area contributed by atoms with E-state index in [4.69, 9.17) is 10.4 Å². The second-order valence-corrected chi connectivity index (χ2v) is 5.34. The van der Waals surface area contributed by atoms with Crippen molar-refractivity contribution in [3.63, 3.8) is 0 Å². The largest absolute Gasteiger partial charge is 0.392 e. The fourth-order valence-corrected chi connectivity index (χ4v) is 1.93. The minimum absolute atomic E-state index is 0.0891. The third kappa shape index (κ3) is 6.37. The van der Waals surface area contributed by atoms with Gasteiger partial charge in [-0.25, -0.2) is 0 Å². The Bertz CT molecular complexity index is 392. The molecule has 0 heterocycles. The maximum Gasteiger partial charge on any atom is 0.0681 e. The van der Waals surface area contributed by atoms with Gasteiger partial charge in [-0.2, -0.15) is 5.26 Å². The number of hydrogen-bond donors (Lipinski definition) is 1. The monoisotopic (exact) mass is 260 g/mol. The van der Waals surface area contributed by atoms with Crippen LogP contribution in [0.25, 0.3) is 0 Å². The van der Waals surface area contributed by atoms with E-state index in [1.54, 1.807) is 0 Å². The molecule has 19 heavy (non-hydrogen) atoms. The molecule has 0 bridgehead atoms. The van der Waals surface area contributed by atoms with Gasteiger partial charge >= 0.3 is 0 Å². The first-order valence-electron chi connectivity index (χ1n) is 6.93. The van der Waals surface area contributed by atoms with Gasteiger partial charge in [0.15, 0.2) is 0 Å². The van der Waals surface area contributed by atoms with Gasteiger partial charge in [-0.15, -0.1) is 0 Å². The molecule has 0 atom stereocenters. The number of rotatable bonds is 8. The molecule has 3 nitrogen and oxygen atoms in total. The van der Waals surface area contributed by atoms with E-state index in [-0.39, 0.29) is 6.61 Å². The summed E-state index contributed by atoms with van der Waals surface area (Å²) in [7, 11) is 0. The van der Waals surface area contributed by atoms with Gasteiger partial charge in [0.25, 0.3) is 0 Å². The molecule has 0 saturated heterocycles. The van der Waals surface area contributed by atoms with Gasteiger partial charge < -0.3 is 5.11 Å². The highest BCUT2D eigenvalue weighted by atomic mass is 16.3. The fourth-order valence-electron chi connectivity index (χ4n) is 1.93. The van der Waals surface area contributed by atoms with E-state index in [0.29, 0.717) is 12.3 Å². The van der Waals surface area contributed by atoms with Gasteiger partial charge in [0, 0.05) is 19.5 Å². The number of nitrogens with zero attached hydrogens (tertiary/aromatic N) is 2. The molecule has 0 amide bonds. The fraction of sp³-hybridized carbons (Fsp3) is 0.562. The van der Waals surface area contributed by atoms with Crippen LogP contribution in [0.1, 0.15) is 37.8 Å². The van der Waals surface area contributed by atoms with Crippen LogP contribution < -0.4 is 0 Å². The average molecular weight is 260 g/mol. The summed E-state index contributed by atoms with van der Waals surface area (Å²) in [5.41, 5.74) is 2.17. The zero-order valence-corrected chi connectivity index (χ0v) is 12.0. The Kier molecular flexibility index (Phi) is 7.17. The number of nitriles is 1. The van der Waals surface area contributed by atoms with E-state index in [9.17, 15) is 0 Å². The molecule has 1 N–H and O–H groups in total. The third-order valence-electron chi connectivity index (χ3n) is 3.17. The first kappa shape index (κ1) is 15.7. The van der Waals surface area contributed by atoms with E-state index >= 15 is 0 Å². The van der Waals surface area contributed by atoms with E-state index < -0.39 is 0 Å². The molecule has 104 valence electrons. The van der Waals surface area contributed by atoms with Crippen molar-refractivity contribution in [2.24, 2.45) is 5.92 Å². The van der Waals surface area contributed by atoms with Crippen LogP contribution in [-0.4, -0.2) is 23.1 Å². The molecule has 3 heteroatoms. The van der Waals surface area contributed by atoms with Gasteiger partial charge in [0.05, 0.1) is 12.7 Å². The summed E-state index contributed by atoms with van der Waals surface area (Å²) in [6.45, 7) is 7.26. The predicted molar refractivity (Wildman–Crippen MR) is 77.3 cm³/mol. The van der Waals surface area contributed by atoms with Crippen LogP contribution >= 0.6 is 0 Å². The quantitative estimate of drug-likeness (QED) is 0.781. The first-order chi connectivity index (χ1) is 9.15. The number of aliphatic hydroxyl groups is 1. The second-order valence-electron chi connectivity index (χ2n) is 5.34. The van der Waals surface area contributed by atoms with Gasteiger partial charge in [-0.3, -0.25) is 4.90 Å². The summed E-state index contributed by atoms with van der Waals surface area (Å²) in [6.07, 6.45) is 1.73. The maximum atomic E-state index is 9.03. The van der Waals surface area contributed by atoms with Gasteiger partial charge in [0.1, 0.15) is 0 Å². The zero-order chi connectivity index (χ0) is 14.1. The molecule has 0 aliphatic carbocycles. The van der Waals surface area contributed by atoms with Crippen molar-refractivity contribution >= 4 is 0 Å². The Balaban J connectivity index is 2.56. The van der Waals surface area contributed by atoms with Gasteiger partial charge in [-0.1, -0.05) is 38.1 Å². The summed E-state index contributed by atoms with van der Waals surface area (Å²) >= 11 is 0. The third-order valence-corrected chi connectivity index (χ3v) is 3.17. The molecule has 0 unspecified atom stereocenters. The minimum atomic E-state index is 0.0891. The topological polar surface area (TPSA) is 47.3 Å². The Labute approximate surface area is 116 Å². The summed E-state index contributed by atoms with van der Waals surface area (Å²) in [5.74, 6) is 0.682. The molecule has 0 aliphatic heterocycles. The standard InChI is InChI=1S/C16H24N2O/c1-14(2)8-11-18(10-3-9-17)12-15-4-6-16(13-19)7-5-15/h4-7,14,19H,3,8,10-13H2,1-2H3. The lowest BCUT2D eigenvalue weighted by Crippen LogP contribution is -2.26. The summed E-state index contributed by atoms with van der Waals surface area (Å²) in [5, 5.41) is 17.7.